The van der Waals surface area contributed by atoms with Crippen molar-refractivity contribution in [3.05, 3.63) is 66.0 Å². The summed E-state index contributed by atoms with van der Waals surface area (Å²) in [6.07, 6.45) is 5.45. The number of benzene rings is 1. The fourth-order valence-electron chi connectivity index (χ4n) is 3.26. The van der Waals surface area contributed by atoms with Crippen LogP contribution in [0.5, 0.6) is 0 Å². The molecule has 0 unspecified atom stereocenters. The summed E-state index contributed by atoms with van der Waals surface area (Å²) in [6.45, 7) is 4.80. The van der Waals surface area contributed by atoms with Crippen LogP contribution in [0.1, 0.15) is 24.5 Å². The second-order valence-electron chi connectivity index (χ2n) is 6.58. The summed E-state index contributed by atoms with van der Waals surface area (Å²) in [4.78, 5) is 6.52. The highest BCUT2D eigenvalue weighted by Crippen LogP contribution is 2.31. The van der Waals surface area contributed by atoms with Gasteiger partial charge in [0.1, 0.15) is 0 Å². The zero-order valence-corrected chi connectivity index (χ0v) is 13.2. The molecule has 1 saturated heterocycles. The van der Waals surface area contributed by atoms with E-state index in [0.717, 1.165) is 32.5 Å². The summed E-state index contributed by atoms with van der Waals surface area (Å²) in [5.41, 5.74) is 2.01. The Labute approximate surface area is 132 Å². The molecule has 1 fully saturated rings. The van der Waals surface area contributed by atoms with E-state index in [9.17, 15) is 5.11 Å². The van der Waals surface area contributed by atoms with Crippen LogP contribution in [-0.4, -0.2) is 33.7 Å². The van der Waals surface area contributed by atoms with Crippen molar-refractivity contribution >= 4 is 0 Å². The lowest BCUT2D eigenvalue weighted by atomic mass is 9.79. The number of piperidine rings is 1. The lowest BCUT2D eigenvalue weighted by Gasteiger charge is -2.43. The van der Waals surface area contributed by atoms with Crippen LogP contribution in [-0.2, 0) is 13.0 Å². The maximum absolute atomic E-state index is 10.7. The molecule has 0 bridgehead atoms. The van der Waals surface area contributed by atoms with Crippen molar-refractivity contribution in [2.75, 3.05) is 13.1 Å². The van der Waals surface area contributed by atoms with Gasteiger partial charge in [-0.25, -0.2) is 0 Å². The van der Waals surface area contributed by atoms with Crippen LogP contribution in [0, 0.1) is 5.92 Å². The Morgan fingerprint density at radius 2 is 1.86 bits per heavy atom. The van der Waals surface area contributed by atoms with Crippen LogP contribution in [0.25, 0.3) is 0 Å². The molecule has 0 aliphatic carbocycles. The SMILES string of the molecule is C[C@@]1(O)CCN(Cc2ccncc2)C[C@@H]1Cc1ccccc1. The third kappa shape index (κ3) is 3.73. The largest absolute Gasteiger partial charge is 0.390 e. The van der Waals surface area contributed by atoms with Gasteiger partial charge in [0, 0.05) is 37.9 Å². The average Bonchev–Trinajstić information content (AvgIpc) is 2.53. The van der Waals surface area contributed by atoms with Gasteiger partial charge >= 0.3 is 0 Å². The van der Waals surface area contributed by atoms with Crippen molar-refractivity contribution in [2.24, 2.45) is 5.92 Å². The van der Waals surface area contributed by atoms with E-state index in [0.29, 0.717) is 0 Å². The molecule has 3 nitrogen and oxygen atoms in total. The highest BCUT2D eigenvalue weighted by molar-refractivity contribution is 5.17. The average molecular weight is 296 g/mol. The van der Waals surface area contributed by atoms with E-state index in [1.807, 2.05) is 25.4 Å². The first-order chi connectivity index (χ1) is 10.6. The Morgan fingerprint density at radius 3 is 2.59 bits per heavy atom. The van der Waals surface area contributed by atoms with E-state index in [2.05, 4.69) is 46.3 Å². The summed E-state index contributed by atoms with van der Waals surface area (Å²) in [6, 6.07) is 14.6. The Bertz CT molecular complexity index is 583. The monoisotopic (exact) mass is 296 g/mol. The molecule has 2 atom stereocenters. The van der Waals surface area contributed by atoms with Gasteiger partial charge in [0.2, 0.25) is 0 Å². The van der Waals surface area contributed by atoms with Crippen LogP contribution < -0.4 is 0 Å². The van der Waals surface area contributed by atoms with E-state index >= 15 is 0 Å². The number of pyridine rings is 1. The first-order valence-electron chi connectivity index (χ1n) is 8.01. The number of hydrogen-bond donors (Lipinski definition) is 1. The predicted octanol–water partition coefficient (Wildman–Crippen LogP) is 2.90. The summed E-state index contributed by atoms with van der Waals surface area (Å²) in [5, 5.41) is 10.7. The molecule has 3 rings (SSSR count). The Morgan fingerprint density at radius 1 is 1.14 bits per heavy atom. The van der Waals surface area contributed by atoms with E-state index < -0.39 is 5.60 Å². The summed E-state index contributed by atoms with van der Waals surface area (Å²) >= 11 is 0. The van der Waals surface area contributed by atoms with Crippen LogP contribution in [0.2, 0.25) is 0 Å². The second-order valence-corrected chi connectivity index (χ2v) is 6.58. The maximum Gasteiger partial charge on any atom is 0.0675 e. The fraction of sp³-hybridized carbons (Fsp3) is 0.421. The van der Waals surface area contributed by atoms with Gasteiger partial charge in [-0.05, 0) is 43.0 Å². The van der Waals surface area contributed by atoms with Crippen molar-refractivity contribution < 1.29 is 5.11 Å². The van der Waals surface area contributed by atoms with Gasteiger partial charge in [-0.15, -0.1) is 0 Å². The minimum Gasteiger partial charge on any atom is -0.390 e. The van der Waals surface area contributed by atoms with Gasteiger partial charge in [-0.2, -0.15) is 0 Å². The number of hydrogen-bond acceptors (Lipinski definition) is 3. The lowest BCUT2D eigenvalue weighted by Crippen LogP contribution is -2.50. The van der Waals surface area contributed by atoms with Crippen LogP contribution in [0.3, 0.4) is 0 Å². The van der Waals surface area contributed by atoms with E-state index in [1.165, 1.54) is 11.1 Å². The molecular formula is C19H24N2O. The molecule has 22 heavy (non-hydrogen) atoms. The smallest absolute Gasteiger partial charge is 0.0675 e. The van der Waals surface area contributed by atoms with Gasteiger partial charge in [0.25, 0.3) is 0 Å². The normalized spacial score (nSPS) is 26.0. The summed E-state index contributed by atoms with van der Waals surface area (Å²) < 4.78 is 0. The molecule has 0 saturated carbocycles. The number of nitrogens with zero attached hydrogens (tertiary/aromatic N) is 2. The Balaban J connectivity index is 1.67. The molecule has 1 aliphatic rings. The quantitative estimate of drug-likeness (QED) is 0.942. The van der Waals surface area contributed by atoms with E-state index in [4.69, 9.17) is 0 Å². The number of likely N-dealkylation sites (tertiary alicyclic amines) is 1. The molecule has 0 spiro atoms. The lowest BCUT2D eigenvalue weighted by molar-refractivity contribution is -0.0593. The predicted molar refractivity (Wildman–Crippen MR) is 88.4 cm³/mol. The highest BCUT2D eigenvalue weighted by atomic mass is 16.3. The number of aromatic nitrogens is 1. The number of aliphatic hydroxyl groups is 1. The fourth-order valence-corrected chi connectivity index (χ4v) is 3.26. The third-order valence-electron chi connectivity index (χ3n) is 4.77. The standard InChI is InChI=1S/C19H24N2O/c1-19(22)9-12-21(14-17-7-10-20-11-8-17)15-18(19)13-16-5-3-2-4-6-16/h2-8,10-11,18,22H,9,12-15H2,1H3/t18-,19+/m0/s1. The van der Waals surface area contributed by atoms with Crippen molar-refractivity contribution in [3.63, 3.8) is 0 Å². The van der Waals surface area contributed by atoms with Gasteiger partial charge in [-0.1, -0.05) is 30.3 Å². The molecule has 0 amide bonds. The van der Waals surface area contributed by atoms with Crippen molar-refractivity contribution in [1.29, 1.82) is 0 Å². The molecule has 1 N–H and O–H groups in total. The zero-order chi connectivity index (χ0) is 15.4. The van der Waals surface area contributed by atoms with Crippen LogP contribution >= 0.6 is 0 Å². The first kappa shape index (κ1) is 15.2. The van der Waals surface area contributed by atoms with E-state index in [1.54, 1.807) is 0 Å². The Hall–Kier alpha value is -1.71. The van der Waals surface area contributed by atoms with E-state index in [-0.39, 0.29) is 5.92 Å². The molecule has 116 valence electrons. The third-order valence-corrected chi connectivity index (χ3v) is 4.77. The summed E-state index contributed by atoms with van der Waals surface area (Å²) in [7, 11) is 0. The zero-order valence-electron chi connectivity index (χ0n) is 13.2. The van der Waals surface area contributed by atoms with Gasteiger partial charge in [-0.3, -0.25) is 9.88 Å². The van der Waals surface area contributed by atoms with Gasteiger partial charge < -0.3 is 5.11 Å². The molecule has 3 heteroatoms. The topological polar surface area (TPSA) is 36.4 Å². The number of rotatable bonds is 4. The van der Waals surface area contributed by atoms with Crippen molar-refractivity contribution in [2.45, 2.75) is 31.9 Å². The molecule has 1 aliphatic heterocycles. The second kappa shape index (κ2) is 6.59. The van der Waals surface area contributed by atoms with Crippen LogP contribution in [0.15, 0.2) is 54.9 Å². The minimum atomic E-state index is -0.579. The molecule has 0 radical (unpaired) electrons. The van der Waals surface area contributed by atoms with Crippen molar-refractivity contribution in [1.82, 2.24) is 9.88 Å². The molecular weight excluding hydrogens is 272 g/mol. The maximum atomic E-state index is 10.7. The van der Waals surface area contributed by atoms with Gasteiger partial charge in [0.05, 0.1) is 5.60 Å². The molecule has 1 aromatic heterocycles. The van der Waals surface area contributed by atoms with Crippen molar-refractivity contribution in [3.8, 4) is 0 Å². The first-order valence-corrected chi connectivity index (χ1v) is 8.01. The Kier molecular flexibility index (Phi) is 4.55. The molecule has 2 heterocycles. The van der Waals surface area contributed by atoms with Gasteiger partial charge in [0.15, 0.2) is 0 Å². The van der Waals surface area contributed by atoms with Crippen LogP contribution in [0.4, 0.5) is 0 Å². The minimum absolute atomic E-state index is 0.269. The summed E-state index contributed by atoms with van der Waals surface area (Å²) in [5.74, 6) is 0.269. The molecule has 2 aromatic rings. The highest BCUT2D eigenvalue weighted by Gasteiger charge is 2.37. The molecule has 1 aromatic carbocycles.